The zero-order valence-electron chi connectivity index (χ0n) is 18.1. The molecule has 1 amide bonds. The van der Waals surface area contributed by atoms with Gasteiger partial charge in [-0.15, -0.1) is 0 Å². The Morgan fingerprint density at radius 1 is 0.967 bits per heavy atom. The molecule has 2 aliphatic heterocycles. The number of hydrogen-bond acceptors (Lipinski definition) is 3. The van der Waals surface area contributed by atoms with Crippen molar-refractivity contribution in [1.82, 2.24) is 4.90 Å². The Bertz CT molecular complexity index is 810. The highest BCUT2D eigenvalue weighted by atomic mass is 16.5. The lowest BCUT2D eigenvalue weighted by Gasteiger charge is -2.36. The Labute approximate surface area is 180 Å². The van der Waals surface area contributed by atoms with Crippen LogP contribution < -0.4 is 14.5 Å². The summed E-state index contributed by atoms with van der Waals surface area (Å²) in [4.78, 5) is 18.7. The molecule has 2 aliphatic rings. The molecule has 0 radical (unpaired) electrons. The number of quaternary nitrogens is 1. The molecule has 160 valence electrons. The third-order valence-electron chi connectivity index (χ3n) is 6.63. The van der Waals surface area contributed by atoms with E-state index in [9.17, 15) is 4.79 Å². The smallest absolute Gasteiger partial charge is 0.277 e. The van der Waals surface area contributed by atoms with Gasteiger partial charge in [0.2, 0.25) is 0 Å². The third kappa shape index (κ3) is 5.14. The van der Waals surface area contributed by atoms with Crippen molar-refractivity contribution in [3.8, 4) is 5.75 Å². The topological polar surface area (TPSA) is 37.2 Å². The summed E-state index contributed by atoms with van der Waals surface area (Å²) >= 11 is 0. The van der Waals surface area contributed by atoms with Crippen LogP contribution in [0.5, 0.6) is 5.75 Å². The first-order valence-corrected chi connectivity index (χ1v) is 11.3. The number of nitrogens with zero attached hydrogens (tertiary/aromatic N) is 2. The molecule has 2 saturated heterocycles. The van der Waals surface area contributed by atoms with E-state index in [1.165, 1.54) is 10.5 Å². The first-order chi connectivity index (χ1) is 14.7. The largest absolute Gasteiger partial charge is 0.495 e. The Kier molecular flexibility index (Phi) is 6.90. The summed E-state index contributed by atoms with van der Waals surface area (Å²) in [6.45, 7) is 6.36. The molecular formula is C25H34N3O2+. The number of para-hydroxylation sites is 2. The molecule has 5 nitrogen and oxygen atoms in total. The summed E-state index contributed by atoms with van der Waals surface area (Å²) in [7, 11) is 1.72. The summed E-state index contributed by atoms with van der Waals surface area (Å²) in [6, 6.07) is 18.9. The first-order valence-electron chi connectivity index (χ1n) is 11.3. The fraction of sp³-hybridized carbons (Fsp3) is 0.480. The van der Waals surface area contributed by atoms with E-state index in [1.54, 1.807) is 7.11 Å². The molecule has 0 aliphatic carbocycles. The molecule has 1 N–H and O–H groups in total. The number of likely N-dealkylation sites (tertiary alicyclic amines) is 1. The van der Waals surface area contributed by atoms with Crippen LogP contribution in [0.3, 0.4) is 0 Å². The quantitative estimate of drug-likeness (QED) is 0.793. The molecule has 2 aromatic carbocycles. The molecular weight excluding hydrogens is 374 g/mol. The molecule has 0 spiro atoms. The number of piperidine rings is 1. The van der Waals surface area contributed by atoms with Gasteiger partial charge in [0.15, 0.2) is 6.54 Å². The molecule has 5 heteroatoms. The third-order valence-corrected chi connectivity index (χ3v) is 6.63. The average molecular weight is 409 g/mol. The van der Waals surface area contributed by atoms with Crippen LogP contribution >= 0.6 is 0 Å². The van der Waals surface area contributed by atoms with Crippen LogP contribution in [-0.2, 0) is 11.2 Å². The number of benzene rings is 2. The van der Waals surface area contributed by atoms with E-state index in [0.29, 0.717) is 18.4 Å². The van der Waals surface area contributed by atoms with Gasteiger partial charge >= 0.3 is 0 Å². The molecule has 30 heavy (non-hydrogen) atoms. The number of anilines is 1. The Morgan fingerprint density at radius 2 is 1.63 bits per heavy atom. The second kappa shape index (κ2) is 9.98. The number of carbonyl (C=O) groups is 1. The number of amides is 1. The number of rotatable bonds is 6. The van der Waals surface area contributed by atoms with Crippen molar-refractivity contribution in [3.63, 3.8) is 0 Å². The number of methoxy groups -OCH3 is 1. The maximum Gasteiger partial charge on any atom is 0.277 e. The summed E-state index contributed by atoms with van der Waals surface area (Å²) < 4.78 is 5.51. The maximum absolute atomic E-state index is 12.9. The van der Waals surface area contributed by atoms with Crippen molar-refractivity contribution in [1.29, 1.82) is 0 Å². The summed E-state index contributed by atoms with van der Waals surface area (Å²) in [5.74, 6) is 1.96. The maximum atomic E-state index is 12.9. The highest BCUT2D eigenvalue weighted by Crippen LogP contribution is 2.27. The second-order valence-corrected chi connectivity index (χ2v) is 8.60. The lowest BCUT2D eigenvalue weighted by molar-refractivity contribution is -0.892. The van der Waals surface area contributed by atoms with E-state index in [0.717, 1.165) is 70.0 Å². The van der Waals surface area contributed by atoms with Crippen LogP contribution in [0.25, 0.3) is 0 Å². The standard InChI is InChI=1S/C25H33N3O2/c1-30-24-10-6-5-9-23(24)27-17-15-26(16-18-27)20-25(29)28-13-11-22(12-14-28)19-21-7-3-2-4-8-21/h2-10,22H,11-20H2,1H3/p+1. The van der Waals surface area contributed by atoms with E-state index in [4.69, 9.17) is 4.74 Å². The minimum Gasteiger partial charge on any atom is -0.495 e. The molecule has 4 rings (SSSR count). The Balaban J connectivity index is 1.21. The van der Waals surface area contributed by atoms with Crippen molar-refractivity contribution in [2.45, 2.75) is 19.3 Å². The normalized spacial score (nSPS) is 18.4. The molecule has 0 saturated carbocycles. The SMILES string of the molecule is COc1ccccc1N1CC[NH+](CC(=O)N2CCC(Cc3ccccc3)CC2)CC1. The number of carbonyl (C=O) groups excluding carboxylic acids is 1. The van der Waals surface area contributed by atoms with E-state index < -0.39 is 0 Å². The van der Waals surface area contributed by atoms with Crippen LogP contribution in [0.15, 0.2) is 54.6 Å². The van der Waals surface area contributed by atoms with Crippen LogP contribution in [0.1, 0.15) is 18.4 Å². The van der Waals surface area contributed by atoms with Gasteiger partial charge in [-0.2, -0.15) is 0 Å². The fourth-order valence-corrected chi connectivity index (χ4v) is 4.79. The minimum atomic E-state index is 0.328. The van der Waals surface area contributed by atoms with Gasteiger partial charge in [0, 0.05) is 13.1 Å². The van der Waals surface area contributed by atoms with Crippen LogP contribution in [0.2, 0.25) is 0 Å². The van der Waals surface area contributed by atoms with E-state index in [2.05, 4.69) is 52.3 Å². The highest BCUT2D eigenvalue weighted by molar-refractivity contribution is 5.77. The summed E-state index contributed by atoms with van der Waals surface area (Å²) in [5, 5.41) is 0. The minimum absolute atomic E-state index is 0.328. The first kappa shape index (κ1) is 20.7. The van der Waals surface area contributed by atoms with Gasteiger partial charge in [-0.25, -0.2) is 0 Å². The average Bonchev–Trinajstić information content (AvgIpc) is 2.81. The fourth-order valence-electron chi connectivity index (χ4n) is 4.79. The molecule has 0 atom stereocenters. The van der Waals surface area contributed by atoms with Gasteiger partial charge in [-0.3, -0.25) is 4.79 Å². The summed E-state index contributed by atoms with van der Waals surface area (Å²) in [6.07, 6.45) is 3.38. The van der Waals surface area contributed by atoms with E-state index in [1.807, 2.05) is 12.1 Å². The molecule has 0 aromatic heterocycles. The molecule has 2 aromatic rings. The highest BCUT2D eigenvalue weighted by Gasteiger charge is 2.28. The number of ether oxygens (including phenoxy) is 1. The predicted octanol–water partition coefficient (Wildman–Crippen LogP) is 1.88. The molecule has 0 unspecified atom stereocenters. The van der Waals surface area contributed by atoms with Gasteiger partial charge in [-0.05, 0) is 42.9 Å². The Morgan fingerprint density at radius 3 is 2.33 bits per heavy atom. The van der Waals surface area contributed by atoms with Gasteiger partial charge in [0.25, 0.3) is 5.91 Å². The zero-order chi connectivity index (χ0) is 20.8. The predicted molar refractivity (Wildman–Crippen MR) is 120 cm³/mol. The number of nitrogens with one attached hydrogen (secondary N) is 1. The van der Waals surface area contributed by atoms with Crippen molar-refractivity contribution >= 4 is 11.6 Å². The van der Waals surface area contributed by atoms with Gasteiger partial charge in [-0.1, -0.05) is 42.5 Å². The number of piperazine rings is 1. The van der Waals surface area contributed by atoms with E-state index >= 15 is 0 Å². The second-order valence-electron chi connectivity index (χ2n) is 8.60. The van der Waals surface area contributed by atoms with Crippen LogP contribution in [0.4, 0.5) is 5.69 Å². The Hall–Kier alpha value is -2.53. The zero-order valence-corrected chi connectivity index (χ0v) is 18.1. The van der Waals surface area contributed by atoms with Crippen LogP contribution in [-0.4, -0.2) is 63.7 Å². The van der Waals surface area contributed by atoms with Crippen molar-refractivity contribution in [2.24, 2.45) is 5.92 Å². The van der Waals surface area contributed by atoms with Gasteiger partial charge < -0.3 is 19.4 Å². The van der Waals surface area contributed by atoms with Crippen LogP contribution in [0, 0.1) is 5.92 Å². The molecule has 0 bridgehead atoms. The summed E-state index contributed by atoms with van der Waals surface area (Å²) in [5.41, 5.74) is 2.57. The lowest BCUT2D eigenvalue weighted by Crippen LogP contribution is -3.16. The monoisotopic (exact) mass is 408 g/mol. The number of hydrogen-bond donors (Lipinski definition) is 1. The van der Waals surface area contributed by atoms with Crippen molar-refractivity contribution in [3.05, 3.63) is 60.2 Å². The van der Waals surface area contributed by atoms with Crippen molar-refractivity contribution in [2.75, 3.05) is 57.8 Å². The van der Waals surface area contributed by atoms with Gasteiger partial charge in [0.1, 0.15) is 5.75 Å². The van der Waals surface area contributed by atoms with E-state index in [-0.39, 0.29) is 0 Å². The van der Waals surface area contributed by atoms with Crippen molar-refractivity contribution < 1.29 is 14.4 Å². The lowest BCUT2D eigenvalue weighted by atomic mass is 9.90. The molecule has 2 heterocycles. The van der Waals surface area contributed by atoms with Gasteiger partial charge in [0.05, 0.1) is 39.0 Å². The molecule has 2 fully saturated rings.